The number of aromatic nitrogens is 1. The Hall–Kier alpha value is -1.42. The minimum absolute atomic E-state index is 0.0350. The summed E-state index contributed by atoms with van der Waals surface area (Å²) in [4.78, 5) is 17.1. The Balaban J connectivity index is 2.75. The third-order valence-corrected chi connectivity index (χ3v) is 2.26. The molecule has 0 saturated heterocycles. The van der Waals surface area contributed by atoms with Crippen LogP contribution in [0.1, 0.15) is 18.7 Å². The number of nitrogens with zero attached hydrogens (tertiary/aromatic N) is 2. The second kappa shape index (κ2) is 4.72. The molecule has 0 radical (unpaired) electrons. The molecule has 1 atom stereocenters. The Morgan fingerprint density at radius 3 is 2.86 bits per heavy atom. The summed E-state index contributed by atoms with van der Waals surface area (Å²) in [5, 5.41) is 0. The minimum atomic E-state index is -0.0804. The van der Waals surface area contributed by atoms with Crippen LogP contribution in [0.25, 0.3) is 0 Å². The summed E-state index contributed by atoms with van der Waals surface area (Å²) in [6.45, 7) is 1.96. The molecule has 0 unspecified atom stereocenters. The average Bonchev–Trinajstić information content (AvgIpc) is 2.27. The summed E-state index contributed by atoms with van der Waals surface area (Å²) < 4.78 is 0. The van der Waals surface area contributed by atoms with Crippen molar-refractivity contribution >= 4 is 5.91 Å². The van der Waals surface area contributed by atoms with Crippen molar-refractivity contribution in [3.05, 3.63) is 30.1 Å². The first kappa shape index (κ1) is 10.7. The van der Waals surface area contributed by atoms with E-state index in [4.69, 9.17) is 5.73 Å². The normalized spacial score (nSPS) is 12.2. The van der Waals surface area contributed by atoms with Gasteiger partial charge in [-0.05, 0) is 19.1 Å². The maximum absolute atomic E-state index is 11.3. The van der Waals surface area contributed by atoms with Gasteiger partial charge in [-0.25, -0.2) is 0 Å². The van der Waals surface area contributed by atoms with Crippen LogP contribution in [0.2, 0.25) is 0 Å². The molecule has 0 aliphatic rings. The predicted octanol–water partition coefficient (Wildman–Crippen LogP) is 0.560. The van der Waals surface area contributed by atoms with Crippen LogP contribution in [0.5, 0.6) is 0 Å². The van der Waals surface area contributed by atoms with Gasteiger partial charge in [0.2, 0.25) is 5.91 Å². The van der Waals surface area contributed by atoms with Crippen molar-refractivity contribution in [1.82, 2.24) is 9.88 Å². The van der Waals surface area contributed by atoms with Crippen molar-refractivity contribution in [2.75, 3.05) is 13.6 Å². The standard InChI is InChI=1S/C10H15N3O/c1-8(13(2)10(14)7-11)9-5-3-4-6-12-9/h3-6,8H,7,11H2,1-2H3/t8-/m0/s1. The molecule has 14 heavy (non-hydrogen) atoms. The van der Waals surface area contributed by atoms with E-state index >= 15 is 0 Å². The molecule has 2 N–H and O–H groups in total. The van der Waals surface area contributed by atoms with Crippen LogP contribution >= 0.6 is 0 Å². The Morgan fingerprint density at radius 2 is 2.36 bits per heavy atom. The summed E-state index contributed by atoms with van der Waals surface area (Å²) in [6, 6.07) is 5.61. The van der Waals surface area contributed by atoms with Crippen LogP contribution in [0.3, 0.4) is 0 Å². The Morgan fingerprint density at radius 1 is 1.64 bits per heavy atom. The molecule has 1 aromatic rings. The summed E-state index contributed by atoms with van der Waals surface area (Å²) in [5.41, 5.74) is 6.15. The van der Waals surface area contributed by atoms with E-state index in [2.05, 4.69) is 4.98 Å². The van der Waals surface area contributed by atoms with Gasteiger partial charge in [0.05, 0.1) is 18.3 Å². The van der Waals surface area contributed by atoms with Crippen LogP contribution in [0.4, 0.5) is 0 Å². The molecular formula is C10H15N3O. The van der Waals surface area contributed by atoms with Crippen LogP contribution in [0, 0.1) is 0 Å². The van der Waals surface area contributed by atoms with Crippen LogP contribution in [0.15, 0.2) is 24.4 Å². The van der Waals surface area contributed by atoms with Crippen molar-refractivity contribution in [3.63, 3.8) is 0 Å². The topological polar surface area (TPSA) is 59.2 Å². The highest BCUT2D eigenvalue weighted by Crippen LogP contribution is 2.15. The van der Waals surface area contributed by atoms with Gasteiger partial charge < -0.3 is 10.6 Å². The molecular weight excluding hydrogens is 178 g/mol. The molecule has 0 saturated carbocycles. The number of carbonyl (C=O) groups is 1. The Kier molecular flexibility index (Phi) is 3.59. The van der Waals surface area contributed by atoms with Crippen LogP contribution in [-0.4, -0.2) is 29.4 Å². The number of nitrogens with two attached hydrogens (primary N) is 1. The number of pyridine rings is 1. The molecule has 1 rings (SSSR count). The van der Waals surface area contributed by atoms with E-state index in [0.29, 0.717) is 0 Å². The lowest BCUT2D eigenvalue weighted by molar-refractivity contribution is -0.130. The second-order valence-electron chi connectivity index (χ2n) is 3.14. The van der Waals surface area contributed by atoms with E-state index in [9.17, 15) is 4.79 Å². The van der Waals surface area contributed by atoms with Crippen molar-refractivity contribution in [3.8, 4) is 0 Å². The molecule has 0 fully saturated rings. The number of carbonyl (C=O) groups excluding carboxylic acids is 1. The quantitative estimate of drug-likeness (QED) is 0.763. The maximum Gasteiger partial charge on any atom is 0.236 e. The van der Waals surface area contributed by atoms with Gasteiger partial charge in [0.1, 0.15) is 0 Å². The third-order valence-electron chi connectivity index (χ3n) is 2.26. The van der Waals surface area contributed by atoms with Crippen molar-refractivity contribution in [2.45, 2.75) is 13.0 Å². The average molecular weight is 193 g/mol. The van der Waals surface area contributed by atoms with Crippen molar-refractivity contribution in [1.29, 1.82) is 0 Å². The smallest absolute Gasteiger partial charge is 0.236 e. The molecule has 1 heterocycles. The van der Waals surface area contributed by atoms with Crippen LogP contribution < -0.4 is 5.73 Å². The minimum Gasteiger partial charge on any atom is -0.336 e. The molecule has 0 spiro atoms. The summed E-state index contributed by atoms with van der Waals surface area (Å²) in [7, 11) is 1.73. The zero-order valence-corrected chi connectivity index (χ0v) is 8.47. The molecule has 0 aromatic carbocycles. The molecule has 76 valence electrons. The highest BCUT2D eigenvalue weighted by Gasteiger charge is 2.16. The number of hydrogen-bond donors (Lipinski definition) is 1. The van der Waals surface area contributed by atoms with Crippen molar-refractivity contribution < 1.29 is 4.79 Å². The van der Waals surface area contributed by atoms with Crippen LogP contribution in [-0.2, 0) is 4.79 Å². The van der Waals surface area contributed by atoms with Gasteiger partial charge in [-0.15, -0.1) is 0 Å². The van der Waals surface area contributed by atoms with E-state index in [0.717, 1.165) is 5.69 Å². The highest BCUT2D eigenvalue weighted by atomic mass is 16.2. The van der Waals surface area contributed by atoms with E-state index < -0.39 is 0 Å². The Bertz CT molecular complexity index is 299. The highest BCUT2D eigenvalue weighted by molar-refractivity contribution is 5.78. The SMILES string of the molecule is C[C@@H](c1ccccn1)N(C)C(=O)CN. The molecule has 1 aromatic heterocycles. The van der Waals surface area contributed by atoms with E-state index in [-0.39, 0.29) is 18.5 Å². The second-order valence-corrected chi connectivity index (χ2v) is 3.14. The molecule has 0 bridgehead atoms. The largest absolute Gasteiger partial charge is 0.336 e. The lowest BCUT2D eigenvalue weighted by atomic mass is 10.2. The maximum atomic E-state index is 11.3. The first-order valence-corrected chi connectivity index (χ1v) is 4.53. The van der Waals surface area contributed by atoms with Crippen molar-refractivity contribution in [2.24, 2.45) is 5.73 Å². The number of likely N-dealkylation sites (N-methyl/N-ethyl adjacent to an activating group) is 1. The van der Waals surface area contributed by atoms with E-state index in [1.54, 1.807) is 18.1 Å². The monoisotopic (exact) mass is 193 g/mol. The fourth-order valence-corrected chi connectivity index (χ4v) is 1.18. The predicted molar refractivity (Wildman–Crippen MR) is 54.5 cm³/mol. The van der Waals surface area contributed by atoms with Gasteiger partial charge in [0.25, 0.3) is 0 Å². The summed E-state index contributed by atoms with van der Waals surface area (Å²) >= 11 is 0. The van der Waals surface area contributed by atoms with Gasteiger partial charge in [-0.1, -0.05) is 6.07 Å². The molecule has 0 aliphatic heterocycles. The van der Waals surface area contributed by atoms with Gasteiger partial charge >= 0.3 is 0 Å². The number of amides is 1. The van der Waals surface area contributed by atoms with E-state index in [1.165, 1.54) is 0 Å². The fourth-order valence-electron chi connectivity index (χ4n) is 1.18. The van der Waals surface area contributed by atoms with Gasteiger partial charge in [-0.3, -0.25) is 9.78 Å². The number of rotatable bonds is 3. The zero-order valence-electron chi connectivity index (χ0n) is 8.47. The van der Waals surface area contributed by atoms with Gasteiger partial charge in [-0.2, -0.15) is 0 Å². The lowest BCUT2D eigenvalue weighted by Crippen LogP contribution is -2.34. The molecule has 1 amide bonds. The first-order valence-electron chi connectivity index (χ1n) is 4.53. The summed E-state index contributed by atoms with van der Waals surface area (Å²) in [5.74, 6) is -0.0804. The lowest BCUT2D eigenvalue weighted by Gasteiger charge is -2.23. The third kappa shape index (κ3) is 2.29. The molecule has 0 aliphatic carbocycles. The summed E-state index contributed by atoms with van der Waals surface area (Å²) in [6.07, 6.45) is 1.71. The van der Waals surface area contributed by atoms with E-state index in [1.807, 2.05) is 25.1 Å². The number of hydrogen-bond acceptors (Lipinski definition) is 3. The van der Waals surface area contributed by atoms with Gasteiger partial charge in [0, 0.05) is 13.2 Å². The zero-order chi connectivity index (χ0) is 10.6. The van der Waals surface area contributed by atoms with Gasteiger partial charge in [0.15, 0.2) is 0 Å². The Labute approximate surface area is 83.7 Å². The molecule has 4 heteroatoms. The first-order chi connectivity index (χ1) is 6.66. The fraction of sp³-hybridized carbons (Fsp3) is 0.400. The molecule has 4 nitrogen and oxygen atoms in total.